The predicted molar refractivity (Wildman–Crippen MR) is 118 cm³/mol. The summed E-state index contributed by atoms with van der Waals surface area (Å²) < 4.78 is 14.4. The Hall–Kier alpha value is -2.79. The third-order valence-electron chi connectivity index (χ3n) is 5.96. The number of hydrogen-bond donors (Lipinski definition) is 2. The third-order valence-corrected chi connectivity index (χ3v) is 6.90. The standard InChI is InChI=1S/C20H24FN7O2S/c1-2-22-20-23-8-13-17(25-20)27-6-3-4-12(27)9-28(18(13)29)14-10-31-16-15(14)24-11-26(7-5-21)19(16)30/h8,10-12,20,22,25H,2-7,9H2,1H3/t12?,20-/m1/s1. The van der Waals surface area contributed by atoms with Crippen LogP contribution in [0.3, 0.4) is 0 Å². The minimum Gasteiger partial charge on any atom is -0.353 e. The van der Waals surface area contributed by atoms with Gasteiger partial charge in [0, 0.05) is 30.7 Å². The van der Waals surface area contributed by atoms with Gasteiger partial charge in [-0.2, -0.15) is 0 Å². The highest BCUT2D eigenvalue weighted by molar-refractivity contribution is 7.17. The van der Waals surface area contributed by atoms with Gasteiger partial charge in [-0.05, 0) is 19.4 Å². The van der Waals surface area contributed by atoms with Gasteiger partial charge >= 0.3 is 0 Å². The van der Waals surface area contributed by atoms with Crippen LogP contribution in [-0.2, 0) is 11.3 Å². The summed E-state index contributed by atoms with van der Waals surface area (Å²) in [5, 5.41) is 8.43. The van der Waals surface area contributed by atoms with Crippen molar-refractivity contribution in [2.75, 3.05) is 31.2 Å². The van der Waals surface area contributed by atoms with E-state index in [0.717, 1.165) is 31.8 Å². The summed E-state index contributed by atoms with van der Waals surface area (Å²) in [6.45, 7) is 3.49. The maximum atomic E-state index is 13.6. The lowest BCUT2D eigenvalue weighted by molar-refractivity contribution is -0.114. The largest absolute Gasteiger partial charge is 0.353 e. The van der Waals surface area contributed by atoms with E-state index < -0.39 is 6.67 Å². The van der Waals surface area contributed by atoms with Crippen molar-refractivity contribution >= 4 is 39.4 Å². The Balaban J connectivity index is 1.57. The summed E-state index contributed by atoms with van der Waals surface area (Å²) in [4.78, 5) is 39.1. The average molecular weight is 446 g/mol. The molecule has 0 aliphatic carbocycles. The number of halogens is 1. The van der Waals surface area contributed by atoms with Gasteiger partial charge in [0.15, 0.2) is 6.29 Å². The quantitative estimate of drug-likeness (QED) is 0.714. The predicted octanol–water partition coefficient (Wildman–Crippen LogP) is 1.02. The molecule has 0 radical (unpaired) electrons. The van der Waals surface area contributed by atoms with Gasteiger partial charge < -0.3 is 15.1 Å². The van der Waals surface area contributed by atoms with Gasteiger partial charge in [-0.15, -0.1) is 11.3 Å². The van der Waals surface area contributed by atoms with Crippen molar-refractivity contribution in [2.24, 2.45) is 4.99 Å². The molecule has 3 aliphatic heterocycles. The van der Waals surface area contributed by atoms with E-state index >= 15 is 0 Å². The lowest BCUT2D eigenvalue weighted by Gasteiger charge is -2.32. The Labute approximate surface area is 182 Å². The van der Waals surface area contributed by atoms with Crippen LogP contribution in [0.15, 0.2) is 32.9 Å². The molecular formula is C20H24FN7O2S. The van der Waals surface area contributed by atoms with E-state index in [-0.39, 0.29) is 30.3 Å². The molecule has 2 aromatic rings. The highest BCUT2D eigenvalue weighted by Crippen LogP contribution is 2.35. The third kappa shape index (κ3) is 3.32. The van der Waals surface area contributed by atoms with Crippen LogP contribution in [0.2, 0.25) is 0 Å². The van der Waals surface area contributed by atoms with Crippen LogP contribution >= 0.6 is 11.3 Å². The van der Waals surface area contributed by atoms with Crippen molar-refractivity contribution in [1.29, 1.82) is 0 Å². The molecule has 3 aliphatic rings. The first-order valence-corrected chi connectivity index (χ1v) is 11.4. The molecule has 2 N–H and O–H groups in total. The van der Waals surface area contributed by atoms with E-state index in [2.05, 4.69) is 25.5 Å². The monoisotopic (exact) mass is 445 g/mol. The molecule has 2 aromatic heterocycles. The number of alkyl halides is 1. The molecule has 11 heteroatoms. The van der Waals surface area contributed by atoms with Crippen molar-refractivity contribution in [2.45, 2.75) is 38.6 Å². The summed E-state index contributed by atoms with van der Waals surface area (Å²) >= 11 is 1.24. The maximum Gasteiger partial charge on any atom is 0.271 e. The van der Waals surface area contributed by atoms with Crippen LogP contribution < -0.4 is 21.1 Å². The van der Waals surface area contributed by atoms with Crippen LogP contribution in [0.4, 0.5) is 10.1 Å². The molecule has 1 fully saturated rings. The Morgan fingerprint density at radius 2 is 2.26 bits per heavy atom. The highest BCUT2D eigenvalue weighted by atomic mass is 32.1. The van der Waals surface area contributed by atoms with Gasteiger partial charge in [0.05, 0.1) is 24.1 Å². The Morgan fingerprint density at radius 3 is 3.06 bits per heavy atom. The van der Waals surface area contributed by atoms with Crippen LogP contribution in [0.5, 0.6) is 0 Å². The minimum absolute atomic E-state index is 0.0278. The number of fused-ring (bicyclic) bond motifs is 3. The molecule has 164 valence electrons. The first kappa shape index (κ1) is 20.1. The number of nitrogens with zero attached hydrogens (tertiary/aromatic N) is 5. The van der Waals surface area contributed by atoms with Crippen molar-refractivity contribution in [1.82, 2.24) is 25.1 Å². The molecule has 5 heterocycles. The van der Waals surface area contributed by atoms with Gasteiger partial charge in [-0.3, -0.25) is 24.5 Å². The van der Waals surface area contributed by atoms with Gasteiger partial charge in [0.25, 0.3) is 11.5 Å². The van der Waals surface area contributed by atoms with Gasteiger partial charge in [0.2, 0.25) is 0 Å². The number of nitrogens with one attached hydrogen (secondary N) is 2. The van der Waals surface area contributed by atoms with Crippen molar-refractivity contribution in [3.05, 3.63) is 33.5 Å². The molecule has 2 atom stereocenters. The van der Waals surface area contributed by atoms with Gasteiger partial charge in [-0.1, -0.05) is 6.92 Å². The maximum absolute atomic E-state index is 13.6. The number of thiophene rings is 1. The molecule has 0 bridgehead atoms. The molecule has 0 spiro atoms. The van der Waals surface area contributed by atoms with Crippen molar-refractivity contribution < 1.29 is 9.18 Å². The van der Waals surface area contributed by atoms with Crippen LogP contribution in [-0.4, -0.2) is 65.2 Å². The molecule has 1 saturated heterocycles. The number of anilines is 1. The minimum atomic E-state index is -0.634. The summed E-state index contributed by atoms with van der Waals surface area (Å²) in [5.74, 6) is 0.652. The number of carbonyl (C=O) groups is 1. The number of aliphatic imine (C=N–C) groups is 1. The molecule has 0 aromatic carbocycles. The van der Waals surface area contributed by atoms with Crippen molar-refractivity contribution in [3.63, 3.8) is 0 Å². The van der Waals surface area contributed by atoms with E-state index in [4.69, 9.17) is 0 Å². The van der Waals surface area contributed by atoms with E-state index in [1.807, 2.05) is 6.92 Å². The second-order valence-electron chi connectivity index (χ2n) is 7.78. The van der Waals surface area contributed by atoms with Gasteiger partial charge in [0.1, 0.15) is 22.7 Å². The Morgan fingerprint density at radius 1 is 1.39 bits per heavy atom. The second-order valence-corrected chi connectivity index (χ2v) is 8.66. The smallest absolute Gasteiger partial charge is 0.271 e. The Kier molecular flexibility index (Phi) is 5.22. The van der Waals surface area contributed by atoms with E-state index in [0.29, 0.717) is 28.0 Å². The number of rotatable bonds is 5. The molecule has 5 rings (SSSR count). The summed E-state index contributed by atoms with van der Waals surface area (Å²) in [7, 11) is 0. The number of hydrogen-bond acceptors (Lipinski definition) is 8. The molecule has 31 heavy (non-hydrogen) atoms. The molecule has 9 nitrogen and oxygen atoms in total. The fourth-order valence-corrected chi connectivity index (χ4v) is 5.44. The topological polar surface area (TPSA) is 94.9 Å². The second kappa shape index (κ2) is 8.04. The summed E-state index contributed by atoms with van der Waals surface area (Å²) in [5.41, 5.74) is 1.34. The fraction of sp³-hybridized carbons (Fsp3) is 0.500. The number of aromatic nitrogens is 2. The lowest BCUT2D eigenvalue weighted by atomic mass is 10.2. The SMILES string of the molecule is CCN[C@@H]1N=CC2=C(N1)N1CCCC1CN(c1csc3c(=O)n(CCF)cnc13)C2=O. The zero-order chi connectivity index (χ0) is 21.5. The number of carbonyl (C=O) groups excluding carboxylic acids is 1. The van der Waals surface area contributed by atoms with E-state index in [9.17, 15) is 14.0 Å². The molecule has 1 unspecified atom stereocenters. The normalized spacial score (nSPS) is 23.2. The highest BCUT2D eigenvalue weighted by Gasteiger charge is 2.39. The number of aryl methyl sites for hydroxylation is 1. The average Bonchev–Trinajstić information content (AvgIpc) is 3.39. The van der Waals surface area contributed by atoms with Crippen LogP contribution in [0.25, 0.3) is 10.2 Å². The summed E-state index contributed by atoms with van der Waals surface area (Å²) in [6, 6.07) is 0.166. The van der Waals surface area contributed by atoms with E-state index in [1.54, 1.807) is 16.5 Å². The zero-order valence-corrected chi connectivity index (χ0v) is 18.0. The Bertz CT molecular complexity index is 1140. The van der Waals surface area contributed by atoms with Crippen LogP contribution in [0, 0.1) is 0 Å². The summed E-state index contributed by atoms with van der Waals surface area (Å²) in [6.07, 6.45) is 4.77. The zero-order valence-electron chi connectivity index (χ0n) is 17.2. The fourth-order valence-electron chi connectivity index (χ4n) is 4.48. The lowest BCUT2D eigenvalue weighted by Crippen LogP contribution is -2.48. The first-order valence-electron chi connectivity index (χ1n) is 10.5. The number of amides is 1. The first-order chi connectivity index (χ1) is 15.1. The molecule has 0 saturated carbocycles. The molecular weight excluding hydrogens is 421 g/mol. The van der Waals surface area contributed by atoms with E-state index in [1.165, 1.54) is 22.2 Å². The molecule has 1 amide bonds. The van der Waals surface area contributed by atoms with Crippen LogP contribution in [0.1, 0.15) is 19.8 Å². The van der Waals surface area contributed by atoms with Crippen molar-refractivity contribution in [3.8, 4) is 0 Å². The van der Waals surface area contributed by atoms with Gasteiger partial charge in [-0.25, -0.2) is 9.37 Å².